The molecule has 0 radical (unpaired) electrons. The Balaban J connectivity index is 1.59. The van der Waals surface area contributed by atoms with E-state index < -0.39 is 35.8 Å². The van der Waals surface area contributed by atoms with Crippen molar-refractivity contribution >= 4 is 5.78 Å². The summed E-state index contributed by atoms with van der Waals surface area (Å²) >= 11 is 0. The van der Waals surface area contributed by atoms with Gasteiger partial charge in [-0.2, -0.15) is 0 Å². The Morgan fingerprint density at radius 2 is 1.88 bits per heavy atom. The van der Waals surface area contributed by atoms with Gasteiger partial charge in [0.2, 0.25) is 5.78 Å². The summed E-state index contributed by atoms with van der Waals surface area (Å²) in [6.07, 6.45) is -1.46. The van der Waals surface area contributed by atoms with E-state index in [0.29, 0.717) is 34.3 Å². The number of ketones is 1. The summed E-state index contributed by atoms with van der Waals surface area (Å²) in [7, 11) is 2.95. The van der Waals surface area contributed by atoms with Crippen LogP contribution in [0.15, 0.2) is 24.3 Å². The molecule has 2 aromatic rings. The lowest BCUT2D eigenvalue weighted by atomic mass is 9.77. The molecule has 0 saturated heterocycles. The van der Waals surface area contributed by atoms with Crippen LogP contribution in [0.5, 0.6) is 28.7 Å². The van der Waals surface area contributed by atoms with E-state index in [0.717, 1.165) is 0 Å². The van der Waals surface area contributed by atoms with Crippen LogP contribution in [0.2, 0.25) is 0 Å². The number of benzene rings is 2. The van der Waals surface area contributed by atoms with E-state index in [4.69, 9.17) is 23.7 Å². The number of fused-ring (bicyclic) bond motifs is 6. The fourth-order valence-electron chi connectivity index (χ4n) is 4.53. The Bertz CT molecular complexity index is 1110. The molecule has 0 aliphatic carbocycles. The van der Waals surface area contributed by atoms with E-state index in [1.165, 1.54) is 33.3 Å². The van der Waals surface area contributed by atoms with E-state index in [-0.39, 0.29) is 24.2 Å². The first-order chi connectivity index (χ1) is 15.2. The lowest BCUT2D eigenvalue weighted by Gasteiger charge is -2.43. The lowest BCUT2D eigenvalue weighted by molar-refractivity contribution is -0.0805. The van der Waals surface area contributed by atoms with E-state index in [1.807, 2.05) is 0 Å². The van der Waals surface area contributed by atoms with Crippen molar-refractivity contribution in [3.05, 3.63) is 41.0 Å². The topological polar surface area (TPSA) is 124 Å². The molecule has 3 aliphatic heterocycles. The zero-order valence-electron chi connectivity index (χ0n) is 17.9. The van der Waals surface area contributed by atoms with Gasteiger partial charge in [0.25, 0.3) is 0 Å². The van der Waals surface area contributed by atoms with Gasteiger partial charge in [0.15, 0.2) is 23.2 Å². The first-order valence-electron chi connectivity index (χ1n) is 10.2. The lowest BCUT2D eigenvalue weighted by Crippen LogP contribution is -2.57. The second-order valence-corrected chi connectivity index (χ2v) is 8.46. The number of hydrogen-bond acceptors (Lipinski definition) is 9. The predicted molar refractivity (Wildman–Crippen MR) is 110 cm³/mol. The summed E-state index contributed by atoms with van der Waals surface area (Å²) in [6.45, 7) is 0.937. The van der Waals surface area contributed by atoms with Crippen LogP contribution in [0.4, 0.5) is 0 Å². The molecule has 3 aliphatic rings. The predicted octanol–water partition coefficient (Wildman–Crippen LogP) is 0.974. The van der Waals surface area contributed by atoms with Crippen molar-refractivity contribution in [2.45, 2.75) is 36.8 Å². The van der Waals surface area contributed by atoms with Crippen LogP contribution in [0.25, 0.3) is 0 Å². The number of carbonyl (C=O) groups is 1. The Hall–Kier alpha value is -3.01. The van der Waals surface area contributed by atoms with Crippen LogP contribution >= 0.6 is 0 Å². The molecule has 9 heteroatoms. The summed E-state index contributed by atoms with van der Waals surface area (Å²) in [5.41, 5.74) is -2.40. The maximum absolute atomic E-state index is 13.6. The number of Topliss-reactive ketones (excluding diaryl/α,β-unsaturated/α-hetero) is 1. The van der Waals surface area contributed by atoms with E-state index in [2.05, 4.69) is 0 Å². The molecule has 9 nitrogen and oxygen atoms in total. The van der Waals surface area contributed by atoms with Gasteiger partial charge in [-0.05, 0) is 25.1 Å². The van der Waals surface area contributed by atoms with Crippen molar-refractivity contribution in [3.8, 4) is 28.7 Å². The van der Waals surface area contributed by atoms with Gasteiger partial charge in [0, 0.05) is 23.6 Å². The number of hydrogen-bond donors (Lipinski definition) is 3. The molecule has 0 fully saturated rings. The van der Waals surface area contributed by atoms with Crippen molar-refractivity contribution < 1.29 is 43.8 Å². The van der Waals surface area contributed by atoms with Gasteiger partial charge in [0.1, 0.15) is 35.6 Å². The molecule has 0 amide bonds. The number of carbonyl (C=O) groups excluding carboxylic acids is 1. The molecule has 0 bridgehead atoms. The fraction of sp³-hybridized carbons (Fsp3) is 0.435. The highest BCUT2D eigenvalue weighted by Crippen LogP contribution is 2.51. The maximum atomic E-state index is 13.6. The van der Waals surface area contributed by atoms with Crippen LogP contribution in [-0.4, -0.2) is 66.3 Å². The Labute approximate surface area is 184 Å². The standard InChI is InChI=1S/C23H24O9/c1-22(26,10-24)18-6-12-14(31-18)5-4-11-20(12)32-19-9-30-15-8-17(29-3)16(28-2)7-13(15)23(19,27)21(11)25/h4-5,7-8,18-19,24,26-27H,6,9-10H2,1-3H3. The summed E-state index contributed by atoms with van der Waals surface area (Å²) < 4.78 is 28.4. The summed E-state index contributed by atoms with van der Waals surface area (Å²) in [4.78, 5) is 13.6. The molecule has 4 unspecified atom stereocenters. The van der Waals surface area contributed by atoms with Crippen LogP contribution in [0, 0.1) is 0 Å². The first kappa shape index (κ1) is 20.9. The molecule has 0 spiro atoms. The van der Waals surface area contributed by atoms with Crippen LogP contribution < -0.4 is 23.7 Å². The highest BCUT2D eigenvalue weighted by Gasteiger charge is 2.57. The number of ether oxygens (including phenoxy) is 5. The zero-order valence-corrected chi connectivity index (χ0v) is 17.9. The van der Waals surface area contributed by atoms with E-state index >= 15 is 0 Å². The minimum Gasteiger partial charge on any atom is -0.493 e. The third-order valence-electron chi connectivity index (χ3n) is 6.49. The van der Waals surface area contributed by atoms with Gasteiger partial charge in [0.05, 0.1) is 26.4 Å². The minimum atomic E-state index is -1.98. The molecule has 2 aromatic carbocycles. The Kier molecular flexibility index (Phi) is 4.56. The average Bonchev–Trinajstić information content (AvgIpc) is 3.25. The quantitative estimate of drug-likeness (QED) is 0.633. The Morgan fingerprint density at radius 1 is 1.16 bits per heavy atom. The van der Waals surface area contributed by atoms with Gasteiger partial charge < -0.3 is 39.0 Å². The highest BCUT2D eigenvalue weighted by atomic mass is 16.6. The smallest absolute Gasteiger partial charge is 0.206 e. The van der Waals surface area contributed by atoms with Gasteiger partial charge in [-0.3, -0.25) is 4.79 Å². The minimum absolute atomic E-state index is 0.0630. The molecule has 3 N–H and O–H groups in total. The van der Waals surface area contributed by atoms with Crippen LogP contribution in [-0.2, 0) is 12.0 Å². The fourth-order valence-corrected chi connectivity index (χ4v) is 4.53. The second-order valence-electron chi connectivity index (χ2n) is 8.46. The molecular formula is C23H24O9. The SMILES string of the molecule is COc1cc2c(cc1OC)C1(O)C(=O)c3ccc4c(c3OC1CO2)CC(C(C)(O)CO)O4. The van der Waals surface area contributed by atoms with Crippen molar-refractivity contribution in [2.24, 2.45) is 0 Å². The van der Waals surface area contributed by atoms with E-state index in [9.17, 15) is 20.1 Å². The number of rotatable bonds is 4. The second kappa shape index (κ2) is 6.99. The van der Waals surface area contributed by atoms with Gasteiger partial charge in [-0.25, -0.2) is 0 Å². The molecule has 4 atom stereocenters. The zero-order chi connectivity index (χ0) is 22.8. The van der Waals surface area contributed by atoms with Crippen molar-refractivity contribution in [3.63, 3.8) is 0 Å². The highest BCUT2D eigenvalue weighted by molar-refractivity contribution is 6.07. The summed E-state index contributed by atoms with van der Waals surface area (Å²) in [5, 5.41) is 31.6. The molecule has 32 heavy (non-hydrogen) atoms. The maximum Gasteiger partial charge on any atom is 0.206 e. The van der Waals surface area contributed by atoms with Crippen molar-refractivity contribution in [2.75, 3.05) is 27.4 Å². The molecule has 170 valence electrons. The molecular weight excluding hydrogens is 420 g/mol. The normalized spacial score (nSPS) is 26.9. The first-order valence-corrected chi connectivity index (χ1v) is 10.2. The van der Waals surface area contributed by atoms with Crippen LogP contribution in [0.3, 0.4) is 0 Å². The summed E-state index contributed by atoms with van der Waals surface area (Å²) in [5.74, 6) is 1.30. The molecule has 3 heterocycles. The van der Waals surface area contributed by atoms with Gasteiger partial charge in [-0.15, -0.1) is 0 Å². The van der Waals surface area contributed by atoms with Crippen LogP contribution in [0.1, 0.15) is 28.4 Å². The molecule has 0 saturated carbocycles. The number of aliphatic hydroxyl groups is 3. The number of methoxy groups -OCH3 is 2. The third-order valence-corrected chi connectivity index (χ3v) is 6.49. The monoisotopic (exact) mass is 444 g/mol. The van der Waals surface area contributed by atoms with Gasteiger partial charge in [-0.1, -0.05) is 0 Å². The largest absolute Gasteiger partial charge is 0.493 e. The summed E-state index contributed by atoms with van der Waals surface area (Å²) in [6, 6.07) is 6.25. The van der Waals surface area contributed by atoms with Crippen molar-refractivity contribution in [1.29, 1.82) is 0 Å². The van der Waals surface area contributed by atoms with Crippen molar-refractivity contribution in [1.82, 2.24) is 0 Å². The number of aliphatic hydroxyl groups excluding tert-OH is 1. The van der Waals surface area contributed by atoms with E-state index in [1.54, 1.807) is 12.1 Å². The molecule has 0 aromatic heterocycles. The Morgan fingerprint density at radius 3 is 2.56 bits per heavy atom. The van der Waals surface area contributed by atoms with Gasteiger partial charge >= 0.3 is 0 Å². The third kappa shape index (κ3) is 2.71. The average molecular weight is 444 g/mol. The molecule has 5 rings (SSSR count).